The largest absolute Gasteiger partial charge is 0.456 e. The number of hydrogen-bond acceptors (Lipinski definition) is 6. The molecule has 30 heavy (non-hydrogen) atoms. The van der Waals surface area contributed by atoms with E-state index < -0.39 is 34.1 Å². The van der Waals surface area contributed by atoms with Crippen molar-refractivity contribution >= 4 is 27.4 Å². The maximum Gasteiger partial charge on any atom is 0.307 e. The lowest BCUT2D eigenvalue weighted by molar-refractivity contribution is -0.147. The summed E-state index contributed by atoms with van der Waals surface area (Å²) in [5.74, 6) is -1.66. The van der Waals surface area contributed by atoms with Crippen LogP contribution in [0.2, 0.25) is 0 Å². The van der Waals surface area contributed by atoms with Crippen molar-refractivity contribution in [1.82, 2.24) is 0 Å². The second-order valence-corrected chi connectivity index (χ2v) is 8.94. The Morgan fingerprint density at radius 3 is 2.13 bits per heavy atom. The van der Waals surface area contributed by atoms with Crippen LogP contribution in [0.1, 0.15) is 24.0 Å². The quantitative estimate of drug-likeness (QED) is 0.569. The molecular formula is C22H24N2O5S. The number of carbonyl (C=O) groups excluding carboxylic acids is 2. The van der Waals surface area contributed by atoms with Crippen LogP contribution in [0, 0.1) is 25.2 Å². The van der Waals surface area contributed by atoms with Gasteiger partial charge in [0.25, 0.3) is 5.91 Å². The van der Waals surface area contributed by atoms with E-state index in [2.05, 4.69) is 0 Å². The molecule has 2 rings (SSSR count). The molecule has 0 heterocycles. The van der Waals surface area contributed by atoms with Crippen LogP contribution in [0.5, 0.6) is 0 Å². The number of anilines is 1. The van der Waals surface area contributed by atoms with Gasteiger partial charge in [0.2, 0.25) is 0 Å². The van der Waals surface area contributed by atoms with E-state index in [-0.39, 0.29) is 24.3 Å². The Kier molecular flexibility index (Phi) is 8.13. The fourth-order valence-electron chi connectivity index (χ4n) is 2.66. The van der Waals surface area contributed by atoms with E-state index in [4.69, 9.17) is 10.00 Å². The summed E-state index contributed by atoms with van der Waals surface area (Å²) in [4.78, 5) is 26.0. The summed E-state index contributed by atoms with van der Waals surface area (Å²) < 4.78 is 29.6. The van der Waals surface area contributed by atoms with E-state index in [1.807, 2.05) is 32.0 Å². The Labute approximate surface area is 176 Å². The molecular weight excluding hydrogens is 404 g/mol. The summed E-state index contributed by atoms with van der Waals surface area (Å²) in [7, 11) is -3.62. The summed E-state index contributed by atoms with van der Waals surface area (Å²) in [6, 6.07) is 15.5. The number of sulfone groups is 1. The molecule has 7 nitrogen and oxygen atoms in total. The van der Waals surface area contributed by atoms with Gasteiger partial charge < -0.3 is 9.64 Å². The molecule has 0 fully saturated rings. The number of esters is 1. The fourth-order valence-corrected chi connectivity index (χ4v) is 3.88. The van der Waals surface area contributed by atoms with E-state index in [0.717, 1.165) is 11.1 Å². The maximum atomic E-state index is 12.5. The first kappa shape index (κ1) is 23.1. The molecule has 0 radical (unpaired) electrons. The van der Waals surface area contributed by atoms with Gasteiger partial charge in [0, 0.05) is 12.2 Å². The SMILES string of the molecule is Cc1ccc(N(CCC#N)C(=O)COC(=O)CCS(=O)(=O)c2ccc(C)cc2)cc1. The molecule has 158 valence electrons. The molecule has 1 amide bonds. The Morgan fingerprint density at radius 2 is 1.57 bits per heavy atom. The van der Waals surface area contributed by atoms with Gasteiger partial charge in [-0.2, -0.15) is 5.26 Å². The number of hydrogen-bond donors (Lipinski definition) is 0. The van der Waals surface area contributed by atoms with Crippen molar-refractivity contribution in [2.45, 2.75) is 31.6 Å². The molecule has 0 saturated carbocycles. The van der Waals surface area contributed by atoms with E-state index in [1.165, 1.54) is 17.0 Å². The number of carbonyl (C=O) groups is 2. The van der Waals surface area contributed by atoms with Crippen LogP contribution in [-0.4, -0.2) is 39.2 Å². The summed E-state index contributed by atoms with van der Waals surface area (Å²) in [5.41, 5.74) is 2.55. The third kappa shape index (κ3) is 6.71. The normalized spacial score (nSPS) is 10.8. The minimum atomic E-state index is -3.62. The predicted octanol–water partition coefficient (Wildman–Crippen LogP) is 2.96. The lowest BCUT2D eigenvalue weighted by atomic mass is 10.2. The van der Waals surface area contributed by atoms with E-state index in [9.17, 15) is 18.0 Å². The van der Waals surface area contributed by atoms with Crippen LogP contribution in [0.25, 0.3) is 0 Å². The Bertz CT molecular complexity index is 1020. The predicted molar refractivity (Wildman–Crippen MR) is 113 cm³/mol. The third-order valence-corrected chi connectivity index (χ3v) is 6.14. The highest BCUT2D eigenvalue weighted by Gasteiger charge is 2.20. The van der Waals surface area contributed by atoms with Gasteiger partial charge in [0.1, 0.15) is 0 Å². The van der Waals surface area contributed by atoms with Crippen LogP contribution >= 0.6 is 0 Å². The highest BCUT2D eigenvalue weighted by Crippen LogP contribution is 2.16. The molecule has 2 aromatic rings. The first-order valence-corrected chi connectivity index (χ1v) is 11.1. The molecule has 0 spiro atoms. The second kappa shape index (κ2) is 10.6. The molecule has 0 saturated heterocycles. The molecule has 2 aromatic carbocycles. The Morgan fingerprint density at radius 1 is 1.00 bits per heavy atom. The van der Waals surface area contributed by atoms with Crippen LogP contribution in [0.4, 0.5) is 5.69 Å². The maximum absolute atomic E-state index is 12.5. The van der Waals surface area contributed by atoms with Crippen molar-refractivity contribution in [2.24, 2.45) is 0 Å². The second-order valence-electron chi connectivity index (χ2n) is 6.83. The molecule has 0 N–H and O–H groups in total. The first-order chi connectivity index (χ1) is 14.2. The molecule has 0 aliphatic heterocycles. The Balaban J connectivity index is 1.93. The molecule has 0 atom stereocenters. The van der Waals surface area contributed by atoms with Crippen molar-refractivity contribution < 1.29 is 22.7 Å². The van der Waals surface area contributed by atoms with Crippen LogP contribution in [0.3, 0.4) is 0 Å². The number of ether oxygens (including phenoxy) is 1. The van der Waals surface area contributed by atoms with Gasteiger partial charge in [0.15, 0.2) is 16.4 Å². The zero-order valence-corrected chi connectivity index (χ0v) is 17.8. The van der Waals surface area contributed by atoms with Gasteiger partial charge in [-0.25, -0.2) is 8.42 Å². The van der Waals surface area contributed by atoms with Crippen molar-refractivity contribution in [2.75, 3.05) is 23.8 Å². The van der Waals surface area contributed by atoms with Gasteiger partial charge in [-0.1, -0.05) is 35.4 Å². The number of nitriles is 1. The standard InChI is InChI=1S/C22H24N2O5S/c1-17-4-8-19(9-5-17)24(14-3-13-23)21(25)16-29-22(26)12-15-30(27,28)20-10-6-18(2)7-11-20/h4-11H,3,12,14-16H2,1-2H3. The Hall–Kier alpha value is -3.18. The smallest absolute Gasteiger partial charge is 0.307 e. The van der Waals surface area contributed by atoms with Gasteiger partial charge in [-0.15, -0.1) is 0 Å². The number of rotatable bonds is 9. The summed E-state index contributed by atoms with van der Waals surface area (Å²) in [6.45, 7) is 3.40. The number of benzene rings is 2. The topological polar surface area (TPSA) is 105 Å². The number of aryl methyl sites for hydroxylation is 2. The van der Waals surface area contributed by atoms with Gasteiger partial charge >= 0.3 is 5.97 Å². The minimum absolute atomic E-state index is 0.127. The third-order valence-electron chi connectivity index (χ3n) is 4.41. The molecule has 0 aliphatic rings. The zero-order valence-electron chi connectivity index (χ0n) is 17.0. The zero-order chi connectivity index (χ0) is 22.1. The van der Waals surface area contributed by atoms with Gasteiger partial charge in [-0.3, -0.25) is 9.59 Å². The monoisotopic (exact) mass is 428 g/mol. The average Bonchev–Trinajstić information content (AvgIpc) is 2.72. The lowest BCUT2D eigenvalue weighted by Gasteiger charge is -2.21. The van der Waals surface area contributed by atoms with Crippen LogP contribution < -0.4 is 4.90 Å². The highest BCUT2D eigenvalue weighted by atomic mass is 32.2. The highest BCUT2D eigenvalue weighted by molar-refractivity contribution is 7.91. The van der Waals surface area contributed by atoms with Gasteiger partial charge in [-0.05, 0) is 38.1 Å². The van der Waals surface area contributed by atoms with E-state index in [0.29, 0.717) is 5.69 Å². The minimum Gasteiger partial charge on any atom is -0.456 e. The van der Waals surface area contributed by atoms with Crippen molar-refractivity contribution in [1.29, 1.82) is 5.26 Å². The van der Waals surface area contributed by atoms with E-state index >= 15 is 0 Å². The van der Waals surface area contributed by atoms with E-state index in [1.54, 1.807) is 24.3 Å². The first-order valence-electron chi connectivity index (χ1n) is 9.42. The lowest BCUT2D eigenvalue weighted by Crippen LogP contribution is -2.35. The fraction of sp³-hybridized carbons (Fsp3) is 0.318. The molecule has 0 aliphatic carbocycles. The summed E-state index contributed by atoms with van der Waals surface area (Å²) >= 11 is 0. The number of amides is 1. The summed E-state index contributed by atoms with van der Waals surface area (Å²) in [6.07, 6.45) is -0.228. The van der Waals surface area contributed by atoms with Crippen LogP contribution in [-0.2, 0) is 24.2 Å². The summed E-state index contributed by atoms with van der Waals surface area (Å²) in [5, 5.41) is 8.83. The molecule has 0 aromatic heterocycles. The van der Waals surface area contributed by atoms with Gasteiger partial charge in [0.05, 0.1) is 29.6 Å². The number of nitrogens with zero attached hydrogens (tertiary/aromatic N) is 2. The van der Waals surface area contributed by atoms with Crippen molar-refractivity contribution in [3.05, 3.63) is 59.7 Å². The van der Waals surface area contributed by atoms with Crippen molar-refractivity contribution in [3.8, 4) is 6.07 Å². The molecule has 0 bridgehead atoms. The molecule has 8 heteroatoms. The van der Waals surface area contributed by atoms with Crippen LogP contribution in [0.15, 0.2) is 53.4 Å². The average molecular weight is 429 g/mol. The molecule has 0 unspecified atom stereocenters. The van der Waals surface area contributed by atoms with Crippen molar-refractivity contribution in [3.63, 3.8) is 0 Å².